The highest BCUT2D eigenvalue weighted by atomic mass is 35.5. The summed E-state index contributed by atoms with van der Waals surface area (Å²) in [6.07, 6.45) is 3.77. The van der Waals surface area contributed by atoms with Crippen LogP contribution in [0.5, 0.6) is 0 Å². The molecule has 0 fully saturated rings. The number of carbonyl (C=O) groups excluding carboxylic acids is 1. The molecule has 0 saturated carbocycles. The van der Waals surface area contributed by atoms with Crippen LogP contribution in [0.25, 0.3) is 5.57 Å². The summed E-state index contributed by atoms with van der Waals surface area (Å²) in [6, 6.07) is 9.32. The Balaban J connectivity index is 1.63. The number of nitrogens with one attached hydrogen (secondary N) is 1. The minimum absolute atomic E-state index is 0.133. The number of aliphatic hydroxyl groups excluding tert-OH is 2. The second-order valence-electron chi connectivity index (χ2n) is 6.94. The van der Waals surface area contributed by atoms with Gasteiger partial charge in [0, 0.05) is 31.4 Å². The number of aliphatic hydroxyl groups is 2. The third-order valence-electron chi connectivity index (χ3n) is 4.68. The summed E-state index contributed by atoms with van der Waals surface area (Å²) in [7, 11) is 0. The van der Waals surface area contributed by atoms with Crippen LogP contribution in [0.1, 0.15) is 23.2 Å². The van der Waals surface area contributed by atoms with Gasteiger partial charge in [0.15, 0.2) is 0 Å². The van der Waals surface area contributed by atoms with Crippen LogP contribution >= 0.6 is 11.6 Å². The second kappa shape index (κ2) is 9.19. The van der Waals surface area contributed by atoms with Crippen LogP contribution in [0, 0.1) is 6.92 Å². The first-order valence-electron chi connectivity index (χ1n) is 9.21. The number of nitrogens with zero attached hydrogens (tertiary/aromatic N) is 2. The van der Waals surface area contributed by atoms with Crippen LogP contribution in [0.15, 0.2) is 42.6 Å². The SMILES string of the molecule is Cc1ccc(NC(=O)N2CC=C(c3ncc(CC(O)CO)cc3Cl)CC2)cc1. The van der Waals surface area contributed by atoms with E-state index in [2.05, 4.69) is 10.3 Å². The molecule has 148 valence electrons. The van der Waals surface area contributed by atoms with E-state index in [0.717, 1.165) is 22.4 Å². The first-order valence-corrected chi connectivity index (χ1v) is 9.59. The Morgan fingerprint density at radius 2 is 2.11 bits per heavy atom. The molecule has 6 nitrogen and oxygen atoms in total. The fraction of sp³-hybridized carbons (Fsp3) is 0.333. The van der Waals surface area contributed by atoms with Gasteiger partial charge >= 0.3 is 6.03 Å². The number of pyridine rings is 1. The number of urea groups is 1. The van der Waals surface area contributed by atoms with Gasteiger partial charge in [0.05, 0.1) is 23.4 Å². The van der Waals surface area contributed by atoms with Crippen LogP contribution < -0.4 is 5.32 Å². The van der Waals surface area contributed by atoms with E-state index in [1.165, 1.54) is 0 Å². The summed E-state index contributed by atoms with van der Waals surface area (Å²) in [6.45, 7) is 2.76. The van der Waals surface area contributed by atoms with Gasteiger partial charge in [0.2, 0.25) is 0 Å². The maximum Gasteiger partial charge on any atom is 0.322 e. The standard InChI is InChI=1S/C21H24ClN3O3/c1-14-2-4-17(5-3-14)24-21(28)25-8-6-16(7-9-25)20-19(22)11-15(12-23-20)10-18(27)13-26/h2-6,11-12,18,26-27H,7-10,13H2,1H3,(H,24,28). The van der Waals surface area contributed by atoms with Crippen molar-refractivity contribution < 1.29 is 15.0 Å². The molecular formula is C21H24ClN3O3. The van der Waals surface area contributed by atoms with Crippen molar-refractivity contribution in [2.45, 2.75) is 25.9 Å². The van der Waals surface area contributed by atoms with E-state index in [0.29, 0.717) is 36.6 Å². The van der Waals surface area contributed by atoms with Gasteiger partial charge in [-0.1, -0.05) is 35.4 Å². The average Bonchev–Trinajstić information content (AvgIpc) is 2.70. The van der Waals surface area contributed by atoms with Gasteiger partial charge in [-0.3, -0.25) is 4.98 Å². The zero-order valence-corrected chi connectivity index (χ0v) is 16.5. The normalized spacial score (nSPS) is 15.1. The van der Waals surface area contributed by atoms with Gasteiger partial charge in [-0.05, 0) is 42.7 Å². The second-order valence-corrected chi connectivity index (χ2v) is 7.34. The lowest BCUT2D eigenvalue weighted by Crippen LogP contribution is -2.37. The highest BCUT2D eigenvalue weighted by molar-refractivity contribution is 6.32. The van der Waals surface area contributed by atoms with Crippen LogP contribution in [0.3, 0.4) is 0 Å². The fourth-order valence-corrected chi connectivity index (χ4v) is 3.38. The van der Waals surface area contributed by atoms with E-state index in [4.69, 9.17) is 16.7 Å². The summed E-state index contributed by atoms with van der Waals surface area (Å²) in [5, 5.41) is 21.9. The summed E-state index contributed by atoms with van der Waals surface area (Å²) in [4.78, 5) is 18.6. The highest BCUT2D eigenvalue weighted by Crippen LogP contribution is 2.28. The molecule has 3 N–H and O–H groups in total. The molecule has 0 aliphatic carbocycles. The van der Waals surface area contributed by atoms with Crippen LogP contribution in [-0.2, 0) is 6.42 Å². The number of halogens is 1. The lowest BCUT2D eigenvalue weighted by atomic mass is 10.0. The number of amides is 2. The van der Waals surface area contributed by atoms with Crippen molar-refractivity contribution in [3.8, 4) is 0 Å². The van der Waals surface area contributed by atoms with Gasteiger partial charge in [-0.15, -0.1) is 0 Å². The highest BCUT2D eigenvalue weighted by Gasteiger charge is 2.20. The maximum atomic E-state index is 12.4. The predicted octanol–water partition coefficient (Wildman–Crippen LogP) is 3.26. The third kappa shape index (κ3) is 5.10. The number of benzene rings is 1. The van der Waals surface area contributed by atoms with E-state index in [-0.39, 0.29) is 12.6 Å². The first kappa shape index (κ1) is 20.3. The van der Waals surface area contributed by atoms with E-state index in [1.54, 1.807) is 17.2 Å². The predicted molar refractivity (Wildman–Crippen MR) is 110 cm³/mol. The Bertz CT molecular complexity index is 868. The number of anilines is 1. The van der Waals surface area contributed by atoms with E-state index in [1.807, 2.05) is 37.3 Å². The van der Waals surface area contributed by atoms with E-state index < -0.39 is 6.10 Å². The molecule has 1 aliphatic rings. The van der Waals surface area contributed by atoms with Crippen molar-refractivity contribution in [1.29, 1.82) is 0 Å². The molecule has 0 radical (unpaired) electrons. The number of aromatic nitrogens is 1. The van der Waals surface area contributed by atoms with E-state index in [9.17, 15) is 9.90 Å². The summed E-state index contributed by atoms with van der Waals surface area (Å²) >= 11 is 6.37. The summed E-state index contributed by atoms with van der Waals surface area (Å²) < 4.78 is 0. The minimum Gasteiger partial charge on any atom is -0.394 e. The number of hydrogen-bond donors (Lipinski definition) is 3. The topological polar surface area (TPSA) is 85.7 Å². The Kier molecular flexibility index (Phi) is 6.67. The summed E-state index contributed by atoms with van der Waals surface area (Å²) in [5.41, 5.74) is 4.38. The summed E-state index contributed by atoms with van der Waals surface area (Å²) in [5.74, 6) is 0. The number of rotatable bonds is 5. The molecule has 0 saturated heterocycles. The van der Waals surface area contributed by atoms with Gasteiger partial charge in [-0.2, -0.15) is 0 Å². The van der Waals surface area contributed by atoms with Gasteiger partial charge < -0.3 is 20.4 Å². The Morgan fingerprint density at radius 3 is 2.71 bits per heavy atom. The van der Waals surface area contributed by atoms with Crippen molar-refractivity contribution in [1.82, 2.24) is 9.88 Å². The van der Waals surface area contributed by atoms with Gasteiger partial charge in [0.25, 0.3) is 0 Å². The van der Waals surface area contributed by atoms with E-state index >= 15 is 0 Å². The smallest absolute Gasteiger partial charge is 0.322 e. The van der Waals surface area contributed by atoms with Crippen LogP contribution in [0.2, 0.25) is 5.02 Å². The molecule has 2 heterocycles. The third-order valence-corrected chi connectivity index (χ3v) is 4.97. The molecular weight excluding hydrogens is 378 g/mol. The number of hydrogen-bond acceptors (Lipinski definition) is 4. The molecule has 28 heavy (non-hydrogen) atoms. The monoisotopic (exact) mass is 401 g/mol. The van der Waals surface area contributed by atoms with Crippen molar-refractivity contribution in [3.63, 3.8) is 0 Å². The molecule has 1 atom stereocenters. The van der Waals surface area contributed by atoms with Crippen molar-refractivity contribution in [2.24, 2.45) is 0 Å². The van der Waals surface area contributed by atoms with Crippen LogP contribution in [0.4, 0.5) is 10.5 Å². The quantitative estimate of drug-likeness (QED) is 0.717. The molecule has 0 spiro atoms. The largest absolute Gasteiger partial charge is 0.394 e. The molecule has 0 bridgehead atoms. The molecule has 3 rings (SSSR count). The Labute approximate surface area is 169 Å². The average molecular weight is 402 g/mol. The molecule has 1 unspecified atom stereocenters. The van der Waals surface area contributed by atoms with Crippen molar-refractivity contribution in [2.75, 3.05) is 25.0 Å². The molecule has 1 aromatic heterocycles. The molecule has 2 amide bonds. The lowest BCUT2D eigenvalue weighted by molar-refractivity contribution is 0.0954. The van der Waals surface area contributed by atoms with Gasteiger partial charge in [0.1, 0.15) is 0 Å². The van der Waals surface area contributed by atoms with Crippen LogP contribution in [-0.4, -0.2) is 51.9 Å². The Hall–Kier alpha value is -2.41. The molecule has 1 aromatic carbocycles. The number of aryl methyl sites for hydroxylation is 1. The molecule has 7 heteroatoms. The van der Waals surface area contributed by atoms with Crippen molar-refractivity contribution in [3.05, 3.63) is 64.4 Å². The lowest BCUT2D eigenvalue weighted by Gasteiger charge is -2.27. The molecule has 1 aliphatic heterocycles. The zero-order valence-electron chi connectivity index (χ0n) is 15.7. The zero-order chi connectivity index (χ0) is 20.1. The first-order chi connectivity index (χ1) is 13.5. The van der Waals surface area contributed by atoms with Gasteiger partial charge in [-0.25, -0.2) is 4.79 Å². The fourth-order valence-electron chi connectivity index (χ4n) is 3.07. The maximum absolute atomic E-state index is 12.4. The number of carbonyl (C=O) groups is 1. The van der Waals surface area contributed by atoms with Crippen molar-refractivity contribution >= 4 is 28.9 Å². The molecule has 2 aromatic rings. The minimum atomic E-state index is -0.821. The Morgan fingerprint density at radius 1 is 1.36 bits per heavy atom.